The molecule has 7 heteroatoms. The van der Waals surface area contributed by atoms with E-state index in [1.807, 2.05) is 55.0 Å². The summed E-state index contributed by atoms with van der Waals surface area (Å²) in [6, 6.07) is 26.6. The molecule has 0 atom stereocenters. The van der Waals surface area contributed by atoms with E-state index in [0.29, 0.717) is 0 Å². The molecule has 0 unspecified atom stereocenters. The molecule has 0 radical (unpaired) electrons. The fourth-order valence-electron chi connectivity index (χ4n) is 4.31. The molecular formula is C28H18N6S. The van der Waals surface area contributed by atoms with Gasteiger partial charge >= 0.3 is 0 Å². The van der Waals surface area contributed by atoms with Crippen LogP contribution in [0.4, 0.5) is 0 Å². The number of para-hydroxylation sites is 1. The van der Waals surface area contributed by atoms with Gasteiger partial charge in [0.25, 0.3) is 0 Å². The van der Waals surface area contributed by atoms with Crippen molar-refractivity contribution in [1.82, 2.24) is 29.1 Å². The average molecular weight is 471 g/mol. The van der Waals surface area contributed by atoms with Crippen molar-refractivity contribution in [2.24, 2.45) is 0 Å². The normalized spacial score (nSPS) is 11.4. The Labute approximate surface area is 204 Å². The predicted octanol–water partition coefficient (Wildman–Crippen LogP) is 6.55. The summed E-state index contributed by atoms with van der Waals surface area (Å²) in [5, 5.41) is 2.01. The van der Waals surface area contributed by atoms with E-state index in [2.05, 4.69) is 67.8 Å². The molecule has 0 saturated carbocycles. The van der Waals surface area contributed by atoms with Gasteiger partial charge in [0, 0.05) is 41.4 Å². The Balaban J connectivity index is 1.34. The fourth-order valence-corrected chi connectivity index (χ4v) is 5.23. The maximum absolute atomic E-state index is 5.03. The lowest BCUT2D eigenvalue weighted by Crippen LogP contribution is -1.97. The molecule has 35 heavy (non-hydrogen) atoms. The molecule has 0 amide bonds. The number of fused-ring (bicyclic) bond motifs is 2. The molecule has 0 aliphatic carbocycles. The first-order chi connectivity index (χ1) is 17.3. The van der Waals surface area contributed by atoms with Crippen molar-refractivity contribution >= 4 is 32.6 Å². The molecule has 166 valence electrons. The van der Waals surface area contributed by atoms with Gasteiger partial charge in [0.1, 0.15) is 22.2 Å². The third-order valence-corrected chi connectivity index (χ3v) is 7.05. The quantitative estimate of drug-likeness (QED) is 0.293. The molecule has 0 bridgehead atoms. The van der Waals surface area contributed by atoms with Crippen LogP contribution in [0.5, 0.6) is 0 Å². The van der Waals surface area contributed by atoms with Crippen LogP contribution in [-0.2, 0) is 0 Å². The first-order valence-corrected chi connectivity index (χ1v) is 12.0. The Morgan fingerprint density at radius 2 is 1.60 bits per heavy atom. The smallest absolute Gasteiger partial charge is 0.145 e. The standard InChI is InChI=1S/C28H18N6S/c1-2-8-25-23(7-1)32-28(35-25)24-18-34(22-6-4-14-29-17-22)27(31-24)20-9-11-21(12-10-20)33-16-13-19-5-3-15-30-26(19)33/h1-18H. The van der Waals surface area contributed by atoms with Gasteiger partial charge in [0.15, 0.2) is 0 Å². The SMILES string of the molecule is c1cncc(-n2cc(-c3nc4ccccc4s3)nc2-c2ccc(-n3ccc4cccnc43)cc2)c1. The van der Waals surface area contributed by atoms with E-state index in [-0.39, 0.29) is 0 Å². The Hall–Kier alpha value is -4.62. The molecule has 2 aromatic carbocycles. The Morgan fingerprint density at radius 3 is 2.46 bits per heavy atom. The van der Waals surface area contributed by atoms with Crippen LogP contribution < -0.4 is 0 Å². The summed E-state index contributed by atoms with van der Waals surface area (Å²) < 4.78 is 5.33. The molecule has 0 N–H and O–H groups in total. The minimum absolute atomic E-state index is 0.842. The number of rotatable bonds is 4. The molecule has 0 aliphatic rings. The number of imidazole rings is 1. The molecule has 0 saturated heterocycles. The first-order valence-electron chi connectivity index (χ1n) is 11.2. The summed E-state index contributed by atoms with van der Waals surface area (Å²) in [5.41, 5.74) is 5.78. The maximum Gasteiger partial charge on any atom is 0.145 e. The monoisotopic (exact) mass is 470 g/mol. The zero-order valence-electron chi connectivity index (χ0n) is 18.5. The fraction of sp³-hybridized carbons (Fsp3) is 0. The van der Waals surface area contributed by atoms with Crippen molar-refractivity contribution in [3.8, 4) is 33.5 Å². The Bertz CT molecular complexity index is 1760. The maximum atomic E-state index is 5.03. The van der Waals surface area contributed by atoms with E-state index in [0.717, 1.165) is 54.7 Å². The highest BCUT2D eigenvalue weighted by atomic mass is 32.1. The van der Waals surface area contributed by atoms with Gasteiger partial charge in [-0.1, -0.05) is 12.1 Å². The van der Waals surface area contributed by atoms with Gasteiger partial charge in [-0.05, 0) is 66.7 Å². The number of pyridine rings is 2. The van der Waals surface area contributed by atoms with Crippen LogP contribution in [0, 0.1) is 0 Å². The minimum atomic E-state index is 0.842. The van der Waals surface area contributed by atoms with Crippen LogP contribution in [0.15, 0.2) is 110 Å². The van der Waals surface area contributed by atoms with E-state index in [1.165, 1.54) is 0 Å². The van der Waals surface area contributed by atoms with Crippen LogP contribution in [-0.4, -0.2) is 29.1 Å². The number of aromatic nitrogens is 6. The van der Waals surface area contributed by atoms with E-state index in [4.69, 9.17) is 9.97 Å². The lowest BCUT2D eigenvalue weighted by molar-refractivity contribution is 1.05. The van der Waals surface area contributed by atoms with Crippen molar-refractivity contribution in [3.05, 3.63) is 110 Å². The topological polar surface area (TPSA) is 61.4 Å². The second-order valence-corrected chi connectivity index (χ2v) is 9.20. The summed E-state index contributed by atoms with van der Waals surface area (Å²) in [6.07, 6.45) is 9.54. The van der Waals surface area contributed by atoms with Gasteiger partial charge in [-0.2, -0.15) is 0 Å². The molecule has 0 aliphatic heterocycles. The Morgan fingerprint density at radius 1 is 0.714 bits per heavy atom. The van der Waals surface area contributed by atoms with E-state index in [1.54, 1.807) is 17.5 Å². The molecule has 6 nitrogen and oxygen atoms in total. The predicted molar refractivity (Wildman–Crippen MR) is 140 cm³/mol. The van der Waals surface area contributed by atoms with E-state index in [9.17, 15) is 0 Å². The van der Waals surface area contributed by atoms with Crippen LogP contribution in [0.2, 0.25) is 0 Å². The summed E-state index contributed by atoms with van der Waals surface area (Å²) in [4.78, 5) is 18.7. The number of benzene rings is 2. The molecule has 7 aromatic rings. The van der Waals surface area contributed by atoms with Gasteiger partial charge in [-0.25, -0.2) is 15.0 Å². The van der Waals surface area contributed by atoms with Crippen molar-refractivity contribution in [3.63, 3.8) is 0 Å². The number of hydrogen-bond acceptors (Lipinski definition) is 5. The number of hydrogen-bond donors (Lipinski definition) is 0. The van der Waals surface area contributed by atoms with Crippen molar-refractivity contribution in [2.75, 3.05) is 0 Å². The van der Waals surface area contributed by atoms with E-state index < -0.39 is 0 Å². The van der Waals surface area contributed by atoms with Crippen LogP contribution in [0.25, 0.3) is 54.7 Å². The summed E-state index contributed by atoms with van der Waals surface area (Å²) in [6.45, 7) is 0. The largest absolute Gasteiger partial charge is 0.301 e. The second kappa shape index (κ2) is 8.00. The van der Waals surface area contributed by atoms with Crippen LogP contribution >= 0.6 is 11.3 Å². The second-order valence-electron chi connectivity index (χ2n) is 8.17. The molecular weight excluding hydrogens is 452 g/mol. The van der Waals surface area contributed by atoms with Crippen LogP contribution in [0.3, 0.4) is 0 Å². The number of thiazole rings is 1. The number of nitrogens with zero attached hydrogens (tertiary/aromatic N) is 6. The van der Waals surface area contributed by atoms with Gasteiger partial charge in [-0.15, -0.1) is 11.3 Å². The van der Waals surface area contributed by atoms with Gasteiger partial charge < -0.3 is 4.57 Å². The van der Waals surface area contributed by atoms with Crippen LogP contribution in [0.1, 0.15) is 0 Å². The van der Waals surface area contributed by atoms with Gasteiger partial charge in [0.2, 0.25) is 0 Å². The highest BCUT2D eigenvalue weighted by Crippen LogP contribution is 2.33. The average Bonchev–Trinajstić information content (AvgIpc) is 3.66. The third-order valence-electron chi connectivity index (χ3n) is 5.99. The highest BCUT2D eigenvalue weighted by molar-refractivity contribution is 7.21. The Kier molecular flexibility index (Phi) is 4.53. The third kappa shape index (κ3) is 3.41. The molecule has 7 rings (SSSR count). The molecule has 0 spiro atoms. The van der Waals surface area contributed by atoms with Crippen molar-refractivity contribution < 1.29 is 0 Å². The lowest BCUT2D eigenvalue weighted by Gasteiger charge is -2.09. The minimum Gasteiger partial charge on any atom is -0.301 e. The highest BCUT2D eigenvalue weighted by Gasteiger charge is 2.16. The first kappa shape index (κ1) is 19.8. The van der Waals surface area contributed by atoms with Gasteiger partial charge in [-0.3, -0.25) is 9.55 Å². The molecule has 5 aromatic heterocycles. The summed E-state index contributed by atoms with van der Waals surface area (Å²) >= 11 is 1.65. The summed E-state index contributed by atoms with van der Waals surface area (Å²) in [5.74, 6) is 0.842. The van der Waals surface area contributed by atoms with E-state index >= 15 is 0 Å². The van der Waals surface area contributed by atoms with Crippen molar-refractivity contribution in [2.45, 2.75) is 0 Å². The zero-order chi connectivity index (χ0) is 23.2. The summed E-state index contributed by atoms with van der Waals surface area (Å²) in [7, 11) is 0. The lowest BCUT2D eigenvalue weighted by atomic mass is 10.2. The molecule has 0 fully saturated rings. The zero-order valence-corrected chi connectivity index (χ0v) is 19.3. The van der Waals surface area contributed by atoms with Gasteiger partial charge in [0.05, 0.1) is 22.1 Å². The van der Waals surface area contributed by atoms with Crippen molar-refractivity contribution in [1.29, 1.82) is 0 Å². The molecule has 5 heterocycles.